The van der Waals surface area contributed by atoms with Crippen molar-refractivity contribution in [3.8, 4) is 11.5 Å². The molecule has 0 bridgehead atoms. The standard InChI is InChI=1S/C21H30N2O4/c1-21(14-17-3-4-18-19(13-17)27-16-26-18)6-5-20(24)23(15-21)8-2-7-22-9-11-25-12-10-22/h3-4,13H,2,5-12,14-16H2,1H3/t21-/m1/s1. The van der Waals surface area contributed by atoms with Gasteiger partial charge in [0.05, 0.1) is 13.2 Å². The van der Waals surface area contributed by atoms with Crippen LogP contribution >= 0.6 is 0 Å². The van der Waals surface area contributed by atoms with E-state index < -0.39 is 0 Å². The van der Waals surface area contributed by atoms with Gasteiger partial charge in [0.25, 0.3) is 0 Å². The molecule has 1 atom stereocenters. The van der Waals surface area contributed by atoms with E-state index >= 15 is 0 Å². The first-order valence-corrected chi connectivity index (χ1v) is 10.1. The molecular weight excluding hydrogens is 344 g/mol. The maximum absolute atomic E-state index is 12.4. The predicted molar refractivity (Wildman–Crippen MR) is 102 cm³/mol. The minimum absolute atomic E-state index is 0.112. The lowest BCUT2D eigenvalue weighted by Gasteiger charge is -2.41. The number of hydrogen-bond donors (Lipinski definition) is 0. The fraction of sp³-hybridized carbons (Fsp3) is 0.667. The first-order valence-electron chi connectivity index (χ1n) is 10.1. The third-order valence-corrected chi connectivity index (χ3v) is 5.94. The van der Waals surface area contributed by atoms with Gasteiger partial charge in [-0.1, -0.05) is 13.0 Å². The van der Waals surface area contributed by atoms with Crippen LogP contribution in [0.15, 0.2) is 18.2 Å². The van der Waals surface area contributed by atoms with Crippen molar-refractivity contribution in [2.24, 2.45) is 5.41 Å². The van der Waals surface area contributed by atoms with Gasteiger partial charge in [-0.05, 0) is 42.4 Å². The quantitative estimate of drug-likeness (QED) is 0.765. The van der Waals surface area contributed by atoms with Gasteiger partial charge in [-0.25, -0.2) is 0 Å². The van der Waals surface area contributed by atoms with Crippen molar-refractivity contribution >= 4 is 5.91 Å². The van der Waals surface area contributed by atoms with E-state index in [2.05, 4.69) is 28.9 Å². The van der Waals surface area contributed by atoms with Gasteiger partial charge >= 0.3 is 0 Å². The summed E-state index contributed by atoms with van der Waals surface area (Å²) >= 11 is 0. The van der Waals surface area contributed by atoms with Crippen LogP contribution < -0.4 is 9.47 Å². The molecule has 4 rings (SSSR count). The smallest absolute Gasteiger partial charge is 0.231 e. The molecule has 3 aliphatic rings. The molecule has 0 aliphatic carbocycles. The maximum Gasteiger partial charge on any atom is 0.231 e. The van der Waals surface area contributed by atoms with Gasteiger partial charge in [-0.3, -0.25) is 9.69 Å². The normalized spacial score (nSPS) is 25.8. The number of benzene rings is 1. The number of hydrogen-bond acceptors (Lipinski definition) is 5. The fourth-order valence-electron chi connectivity index (χ4n) is 4.40. The Hall–Kier alpha value is -1.79. The van der Waals surface area contributed by atoms with Gasteiger partial charge in [0, 0.05) is 39.1 Å². The molecule has 0 radical (unpaired) electrons. The Morgan fingerprint density at radius 2 is 1.93 bits per heavy atom. The summed E-state index contributed by atoms with van der Waals surface area (Å²) in [5.74, 6) is 1.97. The molecule has 0 unspecified atom stereocenters. The second kappa shape index (κ2) is 8.07. The Kier molecular flexibility index (Phi) is 5.55. The molecule has 6 nitrogen and oxygen atoms in total. The van der Waals surface area contributed by atoms with E-state index in [0.717, 1.165) is 76.7 Å². The number of likely N-dealkylation sites (tertiary alicyclic amines) is 1. The third kappa shape index (κ3) is 4.55. The summed E-state index contributed by atoms with van der Waals surface area (Å²) in [5, 5.41) is 0. The molecule has 1 aromatic carbocycles. The Morgan fingerprint density at radius 1 is 1.11 bits per heavy atom. The van der Waals surface area contributed by atoms with Crippen LogP contribution in [0.4, 0.5) is 0 Å². The summed E-state index contributed by atoms with van der Waals surface area (Å²) in [5.41, 5.74) is 1.37. The first kappa shape index (κ1) is 18.6. The number of carbonyl (C=O) groups excluding carboxylic acids is 1. The molecule has 2 saturated heterocycles. The summed E-state index contributed by atoms with van der Waals surface area (Å²) in [6, 6.07) is 6.21. The summed E-state index contributed by atoms with van der Waals surface area (Å²) in [6.45, 7) is 9.03. The number of piperidine rings is 1. The highest BCUT2D eigenvalue weighted by Gasteiger charge is 2.35. The van der Waals surface area contributed by atoms with E-state index in [-0.39, 0.29) is 5.41 Å². The number of morpholine rings is 1. The van der Waals surface area contributed by atoms with Crippen LogP contribution in [0.25, 0.3) is 0 Å². The third-order valence-electron chi connectivity index (χ3n) is 5.94. The molecule has 6 heteroatoms. The zero-order chi connectivity index (χ0) is 18.7. The van der Waals surface area contributed by atoms with Crippen LogP contribution in [0.1, 0.15) is 31.7 Å². The lowest BCUT2D eigenvalue weighted by Crippen LogP contribution is -2.47. The van der Waals surface area contributed by atoms with Crippen molar-refractivity contribution in [1.29, 1.82) is 0 Å². The first-order chi connectivity index (χ1) is 13.1. The Labute approximate surface area is 161 Å². The van der Waals surface area contributed by atoms with Crippen molar-refractivity contribution in [2.75, 3.05) is 52.7 Å². The van der Waals surface area contributed by atoms with Crippen molar-refractivity contribution in [3.63, 3.8) is 0 Å². The molecule has 27 heavy (non-hydrogen) atoms. The molecule has 2 fully saturated rings. The molecule has 0 aromatic heterocycles. The second-order valence-electron chi connectivity index (χ2n) is 8.30. The SMILES string of the molecule is C[C@]1(Cc2ccc3c(c2)OCO3)CCC(=O)N(CCCN2CCOCC2)C1. The molecule has 3 aliphatic heterocycles. The summed E-state index contributed by atoms with van der Waals surface area (Å²) in [4.78, 5) is 16.9. The Balaban J connectivity index is 1.32. The molecule has 1 aromatic rings. The lowest BCUT2D eigenvalue weighted by molar-refractivity contribution is -0.137. The predicted octanol–water partition coefficient (Wildman–Crippen LogP) is 2.31. The zero-order valence-corrected chi connectivity index (χ0v) is 16.2. The maximum atomic E-state index is 12.4. The van der Waals surface area contributed by atoms with Crippen LogP contribution in [0, 0.1) is 5.41 Å². The monoisotopic (exact) mass is 374 g/mol. The second-order valence-corrected chi connectivity index (χ2v) is 8.30. The van der Waals surface area contributed by atoms with Crippen molar-refractivity contribution < 1.29 is 19.0 Å². The number of carbonyl (C=O) groups is 1. The Bertz CT molecular complexity index is 674. The van der Waals surface area contributed by atoms with Crippen molar-refractivity contribution in [1.82, 2.24) is 9.80 Å². The van der Waals surface area contributed by atoms with Crippen LogP contribution in [0.2, 0.25) is 0 Å². The largest absolute Gasteiger partial charge is 0.454 e. The van der Waals surface area contributed by atoms with Gasteiger partial charge in [-0.15, -0.1) is 0 Å². The number of amides is 1. The zero-order valence-electron chi connectivity index (χ0n) is 16.2. The van der Waals surface area contributed by atoms with Crippen molar-refractivity contribution in [2.45, 2.75) is 32.6 Å². The van der Waals surface area contributed by atoms with E-state index in [9.17, 15) is 4.79 Å². The average molecular weight is 374 g/mol. The average Bonchev–Trinajstić information content (AvgIpc) is 3.13. The molecule has 3 heterocycles. The van der Waals surface area contributed by atoms with Crippen LogP contribution in [-0.2, 0) is 16.0 Å². The highest BCUT2D eigenvalue weighted by atomic mass is 16.7. The molecular formula is C21H30N2O4. The minimum atomic E-state index is 0.112. The van der Waals surface area contributed by atoms with Gasteiger partial charge in [0.1, 0.15) is 0 Å². The molecule has 148 valence electrons. The number of fused-ring (bicyclic) bond motifs is 1. The number of rotatable bonds is 6. The van der Waals surface area contributed by atoms with Crippen LogP contribution in [0.3, 0.4) is 0 Å². The van der Waals surface area contributed by atoms with Gasteiger partial charge < -0.3 is 19.1 Å². The number of ether oxygens (including phenoxy) is 3. The van der Waals surface area contributed by atoms with Crippen LogP contribution in [-0.4, -0.2) is 68.4 Å². The Morgan fingerprint density at radius 3 is 2.78 bits per heavy atom. The van der Waals surface area contributed by atoms with Crippen LogP contribution in [0.5, 0.6) is 11.5 Å². The number of nitrogens with zero attached hydrogens (tertiary/aromatic N) is 2. The van der Waals surface area contributed by atoms with E-state index in [1.54, 1.807) is 0 Å². The van der Waals surface area contributed by atoms with Crippen molar-refractivity contribution in [3.05, 3.63) is 23.8 Å². The molecule has 1 amide bonds. The van der Waals surface area contributed by atoms with E-state index in [4.69, 9.17) is 14.2 Å². The summed E-state index contributed by atoms with van der Waals surface area (Å²) in [7, 11) is 0. The highest BCUT2D eigenvalue weighted by molar-refractivity contribution is 5.77. The molecule has 0 saturated carbocycles. The van der Waals surface area contributed by atoms with Gasteiger partial charge in [-0.2, -0.15) is 0 Å². The van der Waals surface area contributed by atoms with Gasteiger partial charge in [0.2, 0.25) is 12.7 Å². The van der Waals surface area contributed by atoms with Gasteiger partial charge in [0.15, 0.2) is 11.5 Å². The van der Waals surface area contributed by atoms with E-state index in [1.807, 2.05) is 6.07 Å². The summed E-state index contributed by atoms with van der Waals surface area (Å²) < 4.78 is 16.3. The molecule has 0 N–H and O–H groups in total. The topological polar surface area (TPSA) is 51.2 Å². The van der Waals surface area contributed by atoms with E-state index in [1.165, 1.54) is 5.56 Å². The highest BCUT2D eigenvalue weighted by Crippen LogP contribution is 2.37. The van der Waals surface area contributed by atoms with E-state index in [0.29, 0.717) is 19.1 Å². The summed E-state index contributed by atoms with van der Waals surface area (Å²) in [6.07, 6.45) is 3.58. The fourth-order valence-corrected chi connectivity index (χ4v) is 4.40. The minimum Gasteiger partial charge on any atom is -0.454 e. The molecule has 0 spiro atoms. The lowest BCUT2D eigenvalue weighted by atomic mass is 9.76.